The molecule has 0 saturated carbocycles. The predicted octanol–water partition coefficient (Wildman–Crippen LogP) is 2.30. The summed E-state index contributed by atoms with van der Waals surface area (Å²) in [5.74, 6) is 0.276. The molecule has 1 aromatic rings. The predicted molar refractivity (Wildman–Crippen MR) is 83.1 cm³/mol. The second-order valence-electron chi connectivity index (χ2n) is 5.78. The molecule has 1 aromatic carbocycles. The maximum absolute atomic E-state index is 12.6. The molecule has 0 radical (unpaired) electrons. The van der Waals surface area contributed by atoms with Crippen LogP contribution in [0.15, 0.2) is 29.2 Å². The molecule has 2 heterocycles. The van der Waals surface area contributed by atoms with Crippen LogP contribution < -0.4 is 5.32 Å². The van der Waals surface area contributed by atoms with E-state index in [-0.39, 0.29) is 11.2 Å². The monoisotopic (exact) mass is 290 g/mol. The average Bonchev–Trinajstić information content (AvgIpc) is 2.91. The summed E-state index contributed by atoms with van der Waals surface area (Å²) in [4.78, 5) is 15.8. The number of nitrogens with one attached hydrogen (secondary N) is 1. The molecule has 1 amide bonds. The molecule has 0 spiro atoms. The van der Waals surface area contributed by atoms with Gasteiger partial charge in [0.25, 0.3) is 0 Å². The fraction of sp³-hybridized carbons (Fsp3) is 0.562. The van der Waals surface area contributed by atoms with Gasteiger partial charge in [0.2, 0.25) is 5.91 Å². The van der Waals surface area contributed by atoms with E-state index in [1.54, 1.807) is 11.8 Å². The highest BCUT2D eigenvalue weighted by molar-refractivity contribution is 8.01. The Morgan fingerprint density at radius 1 is 1.40 bits per heavy atom. The van der Waals surface area contributed by atoms with Crippen LogP contribution in [0.4, 0.5) is 0 Å². The highest BCUT2D eigenvalue weighted by Crippen LogP contribution is 2.37. The van der Waals surface area contributed by atoms with Gasteiger partial charge in [-0.2, -0.15) is 0 Å². The van der Waals surface area contributed by atoms with Crippen molar-refractivity contribution in [3.63, 3.8) is 0 Å². The SMILES string of the molecule is CN(CC1CCCCN1)C(=O)C1Cc2ccccc2S1. The van der Waals surface area contributed by atoms with E-state index in [1.165, 1.54) is 29.7 Å². The van der Waals surface area contributed by atoms with E-state index in [0.717, 1.165) is 19.5 Å². The lowest BCUT2D eigenvalue weighted by molar-refractivity contribution is -0.129. The molecule has 3 nitrogen and oxygen atoms in total. The van der Waals surface area contributed by atoms with Crippen molar-refractivity contribution in [2.75, 3.05) is 20.1 Å². The van der Waals surface area contributed by atoms with E-state index in [2.05, 4.69) is 23.5 Å². The number of nitrogens with zero attached hydrogens (tertiary/aromatic N) is 1. The lowest BCUT2D eigenvalue weighted by Crippen LogP contribution is -2.46. The van der Waals surface area contributed by atoms with Gasteiger partial charge in [-0.25, -0.2) is 0 Å². The van der Waals surface area contributed by atoms with Crippen LogP contribution in [0.2, 0.25) is 0 Å². The van der Waals surface area contributed by atoms with Crippen molar-refractivity contribution >= 4 is 17.7 Å². The highest BCUT2D eigenvalue weighted by atomic mass is 32.2. The van der Waals surface area contributed by atoms with Gasteiger partial charge in [0.1, 0.15) is 0 Å². The molecule has 0 bridgehead atoms. The number of carbonyl (C=O) groups is 1. The number of carbonyl (C=O) groups excluding carboxylic acids is 1. The fourth-order valence-electron chi connectivity index (χ4n) is 3.07. The molecule has 20 heavy (non-hydrogen) atoms. The molecule has 1 saturated heterocycles. The number of hydrogen-bond donors (Lipinski definition) is 1. The normalized spacial score (nSPS) is 25.2. The van der Waals surface area contributed by atoms with Gasteiger partial charge >= 0.3 is 0 Å². The van der Waals surface area contributed by atoms with Crippen LogP contribution in [0.25, 0.3) is 0 Å². The van der Waals surface area contributed by atoms with Crippen molar-refractivity contribution in [1.29, 1.82) is 0 Å². The molecule has 4 heteroatoms. The Bertz CT molecular complexity index is 460. The second-order valence-corrected chi connectivity index (χ2v) is 7.03. The molecule has 0 aromatic heterocycles. The Morgan fingerprint density at radius 3 is 3.00 bits per heavy atom. The third-order valence-electron chi connectivity index (χ3n) is 4.21. The minimum absolute atomic E-state index is 0.0704. The molecular weight excluding hydrogens is 268 g/mol. The van der Waals surface area contributed by atoms with Crippen LogP contribution in [0, 0.1) is 0 Å². The number of amides is 1. The van der Waals surface area contributed by atoms with E-state index in [4.69, 9.17) is 0 Å². The molecule has 2 aliphatic rings. The number of fused-ring (bicyclic) bond motifs is 1. The van der Waals surface area contributed by atoms with Gasteiger partial charge in [-0.1, -0.05) is 24.6 Å². The summed E-state index contributed by atoms with van der Waals surface area (Å²) < 4.78 is 0. The van der Waals surface area contributed by atoms with Crippen LogP contribution >= 0.6 is 11.8 Å². The summed E-state index contributed by atoms with van der Waals surface area (Å²) in [6, 6.07) is 8.84. The van der Waals surface area contributed by atoms with Crippen molar-refractivity contribution < 1.29 is 4.79 Å². The van der Waals surface area contributed by atoms with Gasteiger partial charge < -0.3 is 10.2 Å². The summed E-state index contributed by atoms with van der Waals surface area (Å²) in [5.41, 5.74) is 1.32. The van der Waals surface area contributed by atoms with Gasteiger partial charge in [-0.15, -0.1) is 11.8 Å². The molecular formula is C16H22N2OS. The molecule has 2 unspecified atom stereocenters. The lowest BCUT2D eigenvalue weighted by Gasteiger charge is -2.29. The van der Waals surface area contributed by atoms with Crippen molar-refractivity contribution in [3.8, 4) is 0 Å². The molecule has 0 aliphatic carbocycles. The van der Waals surface area contributed by atoms with E-state index in [0.29, 0.717) is 6.04 Å². The van der Waals surface area contributed by atoms with Crippen LogP contribution in [-0.4, -0.2) is 42.2 Å². The van der Waals surface area contributed by atoms with Gasteiger partial charge in [0.15, 0.2) is 0 Å². The van der Waals surface area contributed by atoms with Gasteiger partial charge in [0, 0.05) is 24.5 Å². The first kappa shape index (κ1) is 14.0. The molecule has 2 aliphatic heterocycles. The third kappa shape index (κ3) is 3.01. The molecule has 108 valence electrons. The van der Waals surface area contributed by atoms with E-state index < -0.39 is 0 Å². The van der Waals surface area contributed by atoms with Gasteiger partial charge in [-0.3, -0.25) is 4.79 Å². The number of piperidine rings is 1. The van der Waals surface area contributed by atoms with Crippen molar-refractivity contribution in [2.45, 2.75) is 41.9 Å². The Morgan fingerprint density at radius 2 is 2.25 bits per heavy atom. The first-order chi connectivity index (χ1) is 9.74. The number of hydrogen-bond acceptors (Lipinski definition) is 3. The molecule has 3 rings (SSSR count). The third-order valence-corrected chi connectivity index (χ3v) is 5.51. The quantitative estimate of drug-likeness (QED) is 0.927. The maximum Gasteiger partial charge on any atom is 0.236 e. The molecule has 2 atom stereocenters. The Kier molecular flexibility index (Phi) is 4.32. The minimum Gasteiger partial charge on any atom is -0.343 e. The number of benzene rings is 1. The smallest absolute Gasteiger partial charge is 0.236 e. The zero-order chi connectivity index (χ0) is 13.9. The van der Waals surface area contributed by atoms with Gasteiger partial charge in [0.05, 0.1) is 5.25 Å². The van der Waals surface area contributed by atoms with Crippen molar-refractivity contribution in [2.24, 2.45) is 0 Å². The second kappa shape index (κ2) is 6.19. The molecule has 1 fully saturated rings. The zero-order valence-corrected chi connectivity index (χ0v) is 12.8. The lowest BCUT2D eigenvalue weighted by atomic mass is 10.0. The Labute approximate surface area is 125 Å². The van der Waals surface area contributed by atoms with Crippen LogP contribution in [0.1, 0.15) is 24.8 Å². The van der Waals surface area contributed by atoms with Crippen molar-refractivity contribution in [3.05, 3.63) is 29.8 Å². The topological polar surface area (TPSA) is 32.3 Å². The fourth-order valence-corrected chi connectivity index (χ4v) is 4.38. The summed E-state index contributed by atoms with van der Waals surface area (Å²) in [7, 11) is 1.95. The van der Waals surface area contributed by atoms with Crippen LogP contribution in [-0.2, 0) is 11.2 Å². The number of rotatable bonds is 3. The maximum atomic E-state index is 12.6. The minimum atomic E-state index is 0.0704. The summed E-state index contributed by atoms with van der Waals surface area (Å²) in [5, 5.41) is 3.58. The zero-order valence-electron chi connectivity index (χ0n) is 12.0. The first-order valence-corrected chi connectivity index (χ1v) is 8.35. The van der Waals surface area contributed by atoms with Gasteiger partial charge in [-0.05, 0) is 37.4 Å². The van der Waals surface area contributed by atoms with Crippen LogP contribution in [0.3, 0.4) is 0 Å². The average molecular weight is 290 g/mol. The highest BCUT2D eigenvalue weighted by Gasteiger charge is 2.30. The Balaban J connectivity index is 1.57. The van der Waals surface area contributed by atoms with Crippen LogP contribution in [0.5, 0.6) is 0 Å². The number of likely N-dealkylation sites (N-methyl/N-ethyl adjacent to an activating group) is 1. The van der Waals surface area contributed by atoms with E-state index >= 15 is 0 Å². The number of thioether (sulfide) groups is 1. The van der Waals surface area contributed by atoms with E-state index in [9.17, 15) is 4.79 Å². The first-order valence-electron chi connectivity index (χ1n) is 7.47. The molecule has 1 N–H and O–H groups in total. The largest absolute Gasteiger partial charge is 0.343 e. The summed E-state index contributed by atoms with van der Waals surface area (Å²) in [6.07, 6.45) is 4.61. The Hall–Kier alpha value is -1.00. The van der Waals surface area contributed by atoms with E-state index in [1.807, 2.05) is 18.0 Å². The summed E-state index contributed by atoms with van der Waals surface area (Å²) >= 11 is 1.72. The standard InChI is InChI=1S/C16H22N2OS/c1-18(11-13-7-4-5-9-17-13)16(19)15-10-12-6-2-3-8-14(12)20-15/h2-3,6,8,13,15,17H,4-5,7,9-11H2,1H3. The summed E-state index contributed by atoms with van der Waals surface area (Å²) in [6.45, 7) is 1.93. The van der Waals surface area contributed by atoms with Crippen molar-refractivity contribution in [1.82, 2.24) is 10.2 Å².